The highest BCUT2D eigenvalue weighted by molar-refractivity contribution is 5.06. The van der Waals surface area contributed by atoms with E-state index in [2.05, 4.69) is 27.7 Å². The van der Waals surface area contributed by atoms with Gasteiger partial charge in [0.1, 0.15) is 0 Å². The molecule has 3 aliphatic carbocycles. The topological polar surface area (TPSA) is 0 Å². The van der Waals surface area contributed by atoms with E-state index in [1.165, 1.54) is 6.42 Å². The van der Waals surface area contributed by atoms with Crippen LogP contribution in [0, 0.1) is 29.1 Å². The van der Waals surface area contributed by atoms with Gasteiger partial charge in [-0.3, -0.25) is 0 Å². The summed E-state index contributed by atoms with van der Waals surface area (Å²) in [6.45, 7) is 9.64. The molecule has 70 valence electrons. The Labute approximate surface area is 76.7 Å². The van der Waals surface area contributed by atoms with Gasteiger partial charge in [-0.25, -0.2) is 0 Å². The van der Waals surface area contributed by atoms with Crippen molar-refractivity contribution >= 4 is 0 Å². The van der Waals surface area contributed by atoms with Crippen molar-refractivity contribution < 1.29 is 0 Å². The third-order valence-electron chi connectivity index (χ3n) is 4.67. The fraction of sp³-hybridized carbons (Fsp3) is 1.00. The SMILES string of the molecule is CC(C)C1CC2(C(C)C)CC1C2. The highest BCUT2D eigenvalue weighted by Crippen LogP contribution is 2.66. The van der Waals surface area contributed by atoms with E-state index in [0.717, 1.165) is 29.1 Å². The molecule has 0 aliphatic heterocycles. The largest absolute Gasteiger partial charge is 0.0625 e. The van der Waals surface area contributed by atoms with Crippen LogP contribution in [-0.4, -0.2) is 0 Å². The van der Waals surface area contributed by atoms with Crippen LogP contribution in [0.4, 0.5) is 0 Å². The lowest BCUT2D eigenvalue weighted by atomic mass is 9.63. The molecule has 0 radical (unpaired) electrons. The minimum atomic E-state index is 0.791. The predicted octanol–water partition coefficient (Wildman–Crippen LogP) is 3.71. The second-order valence-electron chi connectivity index (χ2n) is 5.80. The summed E-state index contributed by atoms with van der Waals surface area (Å²) in [4.78, 5) is 0. The summed E-state index contributed by atoms with van der Waals surface area (Å²) < 4.78 is 0. The molecule has 0 heterocycles. The Balaban J connectivity index is 2.05. The molecule has 12 heavy (non-hydrogen) atoms. The molecule has 0 saturated heterocycles. The highest BCUT2D eigenvalue weighted by atomic mass is 14.6. The summed E-state index contributed by atoms with van der Waals surface area (Å²) in [6, 6.07) is 0. The molecule has 2 bridgehead atoms. The first kappa shape index (κ1) is 8.59. The Morgan fingerprint density at radius 3 is 1.83 bits per heavy atom. The molecule has 3 fully saturated rings. The maximum Gasteiger partial charge on any atom is -0.0266 e. The summed E-state index contributed by atoms with van der Waals surface area (Å²) in [5.74, 6) is 4.02. The van der Waals surface area contributed by atoms with Gasteiger partial charge in [0.15, 0.2) is 0 Å². The average molecular weight is 166 g/mol. The monoisotopic (exact) mass is 166 g/mol. The molecule has 0 aromatic rings. The van der Waals surface area contributed by atoms with Gasteiger partial charge in [0.25, 0.3) is 0 Å². The average Bonchev–Trinajstić information content (AvgIpc) is 2.36. The summed E-state index contributed by atoms with van der Waals surface area (Å²) in [7, 11) is 0. The maximum atomic E-state index is 2.42. The fourth-order valence-corrected chi connectivity index (χ4v) is 3.58. The molecule has 0 aromatic carbocycles. The van der Waals surface area contributed by atoms with Crippen LogP contribution in [0.3, 0.4) is 0 Å². The molecule has 3 rings (SSSR count). The van der Waals surface area contributed by atoms with Crippen LogP contribution < -0.4 is 0 Å². The molecule has 1 unspecified atom stereocenters. The van der Waals surface area contributed by atoms with Crippen molar-refractivity contribution in [3.8, 4) is 0 Å². The van der Waals surface area contributed by atoms with E-state index in [-0.39, 0.29) is 0 Å². The molecule has 1 atom stereocenters. The lowest BCUT2D eigenvalue weighted by Crippen LogP contribution is -2.33. The fourth-order valence-electron chi connectivity index (χ4n) is 3.58. The molecule has 3 saturated carbocycles. The molecule has 0 amide bonds. The highest BCUT2D eigenvalue weighted by Gasteiger charge is 2.57. The van der Waals surface area contributed by atoms with E-state index in [0.29, 0.717) is 0 Å². The maximum absolute atomic E-state index is 2.42. The third-order valence-corrected chi connectivity index (χ3v) is 4.67. The Kier molecular flexibility index (Phi) is 1.79. The Hall–Kier alpha value is 0. The standard InChI is InChI=1S/C12H22/c1-8(2)11-7-12(9(3)4)5-10(11)6-12/h8-11H,5-7H2,1-4H3. The van der Waals surface area contributed by atoms with E-state index in [1.54, 1.807) is 12.8 Å². The lowest BCUT2D eigenvalue weighted by Gasteiger charge is -2.42. The van der Waals surface area contributed by atoms with Crippen LogP contribution in [-0.2, 0) is 0 Å². The van der Waals surface area contributed by atoms with E-state index in [4.69, 9.17) is 0 Å². The second kappa shape index (κ2) is 2.49. The first-order valence-electron chi connectivity index (χ1n) is 5.55. The van der Waals surface area contributed by atoms with Crippen LogP contribution in [0.15, 0.2) is 0 Å². The summed E-state index contributed by atoms with van der Waals surface area (Å²) in [5, 5.41) is 0. The summed E-state index contributed by atoms with van der Waals surface area (Å²) in [6.07, 6.45) is 4.63. The van der Waals surface area contributed by atoms with Gasteiger partial charge >= 0.3 is 0 Å². The van der Waals surface area contributed by atoms with Gasteiger partial charge in [-0.15, -0.1) is 0 Å². The number of fused-ring (bicyclic) bond motifs is 1. The molecular formula is C12H22. The zero-order chi connectivity index (χ0) is 8.93. The van der Waals surface area contributed by atoms with Crippen molar-refractivity contribution in [2.45, 2.75) is 47.0 Å². The van der Waals surface area contributed by atoms with Crippen molar-refractivity contribution in [2.24, 2.45) is 29.1 Å². The Morgan fingerprint density at radius 2 is 1.58 bits per heavy atom. The van der Waals surface area contributed by atoms with Crippen LogP contribution in [0.5, 0.6) is 0 Å². The lowest BCUT2D eigenvalue weighted by molar-refractivity contribution is 0.0777. The van der Waals surface area contributed by atoms with Gasteiger partial charge in [0.05, 0.1) is 0 Å². The van der Waals surface area contributed by atoms with Crippen LogP contribution in [0.2, 0.25) is 0 Å². The number of hydrogen-bond acceptors (Lipinski definition) is 0. The number of hydrogen-bond donors (Lipinski definition) is 0. The zero-order valence-corrected chi connectivity index (χ0v) is 8.93. The minimum Gasteiger partial charge on any atom is -0.0625 e. The van der Waals surface area contributed by atoms with Crippen molar-refractivity contribution in [2.75, 3.05) is 0 Å². The van der Waals surface area contributed by atoms with E-state index < -0.39 is 0 Å². The van der Waals surface area contributed by atoms with Crippen molar-refractivity contribution in [3.63, 3.8) is 0 Å². The molecule has 0 N–H and O–H groups in total. The van der Waals surface area contributed by atoms with E-state index >= 15 is 0 Å². The predicted molar refractivity (Wildman–Crippen MR) is 52.9 cm³/mol. The van der Waals surface area contributed by atoms with Crippen molar-refractivity contribution in [1.29, 1.82) is 0 Å². The second-order valence-corrected chi connectivity index (χ2v) is 5.80. The van der Waals surface area contributed by atoms with Gasteiger partial charge in [-0.05, 0) is 48.3 Å². The van der Waals surface area contributed by atoms with Crippen molar-refractivity contribution in [3.05, 3.63) is 0 Å². The van der Waals surface area contributed by atoms with Crippen molar-refractivity contribution in [1.82, 2.24) is 0 Å². The van der Waals surface area contributed by atoms with Gasteiger partial charge in [0, 0.05) is 0 Å². The third kappa shape index (κ3) is 0.963. The summed E-state index contributed by atoms with van der Waals surface area (Å²) >= 11 is 0. The van der Waals surface area contributed by atoms with Crippen LogP contribution in [0.1, 0.15) is 47.0 Å². The van der Waals surface area contributed by atoms with Gasteiger partial charge in [-0.2, -0.15) is 0 Å². The molecule has 0 nitrogen and oxygen atoms in total. The Bertz CT molecular complexity index is 172. The smallest absolute Gasteiger partial charge is 0.0266 e. The van der Waals surface area contributed by atoms with E-state index in [9.17, 15) is 0 Å². The van der Waals surface area contributed by atoms with E-state index in [1.807, 2.05) is 0 Å². The normalized spacial score (nSPS) is 45.5. The quantitative estimate of drug-likeness (QED) is 0.586. The van der Waals surface area contributed by atoms with Gasteiger partial charge < -0.3 is 0 Å². The van der Waals surface area contributed by atoms with Gasteiger partial charge in [0.2, 0.25) is 0 Å². The minimum absolute atomic E-state index is 0.791. The molecule has 0 heteroatoms. The Morgan fingerprint density at radius 1 is 1.00 bits per heavy atom. The van der Waals surface area contributed by atoms with Gasteiger partial charge in [-0.1, -0.05) is 27.7 Å². The molecule has 3 aliphatic rings. The molecule has 0 aromatic heterocycles. The first-order valence-corrected chi connectivity index (χ1v) is 5.55. The number of rotatable bonds is 2. The zero-order valence-electron chi connectivity index (χ0n) is 8.93. The first-order chi connectivity index (χ1) is 5.55. The van der Waals surface area contributed by atoms with Crippen LogP contribution >= 0.6 is 0 Å². The van der Waals surface area contributed by atoms with Crippen LogP contribution in [0.25, 0.3) is 0 Å². The molecule has 0 spiro atoms. The summed E-state index contributed by atoms with van der Waals surface area (Å²) in [5.41, 5.74) is 0.791. The molecular weight excluding hydrogens is 144 g/mol.